The first-order valence-corrected chi connectivity index (χ1v) is 6.20. The van der Waals surface area contributed by atoms with Gasteiger partial charge in [-0.1, -0.05) is 13.3 Å². The van der Waals surface area contributed by atoms with Crippen molar-refractivity contribution in [2.75, 3.05) is 20.3 Å². The molecule has 0 aliphatic heterocycles. The average Bonchev–Trinajstić information content (AvgIpc) is 2.80. The minimum absolute atomic E-state index is 0.0127. The minimum atomic E-state index is -0.808. The van der Waals surface area contributed by atoms with E-state index in [0.717, 1.165) is 6.42 Å². The Morgan fingerprint density at radius 3 is 2.89 bits per heavy atom. The van der Waals surface area contributed by atoms with Crippen molar-refractivity contribution in [2.45, 2.75) is 32.9 Å². The van der Waals surface area contributed by atoms with E-state index in [9.17, 15) is 4.79 Å². The number of hydrogen-bond donors (Lipinski definition) is 1. The number of carboxylic acids is 1. The molecule has 1 heterocycles. The van der Waals surface area contributed by atoms with Gasteiger partial charge in [-0.15, -0.1) is 5.10 Å². The van der Waals surface area contributed by atoms with E-state index in [-0.39, 0.29) is 12.3 Å². The van der Waals surface area contributed by atoms with E-state index in [1.54, 1.807) is 11.8 Å². The molecule has 108 valence electrons. The quantitative estimate of drug-likeness (QED) is 0.613. The standard InChI is InChI=1S/C11H20N4O4/c1-3-9(6-11(16)17)7-15-10(12-13-14-15)8-19-5-4-18-2/h9H,3-8H2,1-2H3,(H,16,17). The van der Waals surface area contributed by atoms with Crippen molar-refractivity contribution in [3.8, 4) is 0 Å². The maximum atomic E-state index is 10.7. The highest BCUT2D eigenvalue weighted by Crippen LogP contribution is 2.11. The van der Waals surface area contributed by atoms with Crippen LogP contribution >= 0.6 is 0 Å². The summed E-state index contributed by atoms with van der Waals surface area (Å²) in [5.74, 6) is -0.198. The van der Waals surface area contributed by atoms with Crippen molar-refractivity contribution >= 4 is 5.97 Å². The van der Waals surface area contributed by atoms with Gasteiger partial charge in [-0.05, 0) is 16.3 Å². The summed E-state index contributed by atoms with van der Waals surface area (Å²) in [7, 11) is 1.60. The third-order valence-electron chi connectivity index (χ3n) is 2.74. The molecule has 19 heavy (non-hydrogen) atoms. The molecule has 1 rings (SSSR count). The normalized spacial score (nSPS) is 12.5. The fourth-order valence-electron chi connectivity index (χ4n) is 1.60. The Morgan fingerprint density at radius 2 is 2.26 bits per heavy atom. The summed E-state index contributed by atoms with van der Waals surface area (Å²) in [5.41, 5.74) is 0. The van der Waals surface area contributed by atoms with Crippen LogP contribution in [0, 0.1) is 5.92 Å². The van der Waals surface area contributed by atoms with Crippen LogP contribution in [0.4, 0.5) is 0 Å². The first-order valence-electron chi connectivity index (χ1n) is 6.20. The Balaban J connectivity index is 2.48. The van der Waals surface area contributed by atoms with Crippen LogP contribution in [0.5, 0.6) is 0 Å². The number of hydrogen-bond acceptors (Lipinski definition) is 6. The second-order valence-electron chi connectivity index (χ2n) is 4.19. The molecular formula is C11H20N4O4. The van der Waals surface area contributed by atoms with Gasteiger partial charge in [-0.3, -0.25) is 4.79 Å². The average molecular weight is 272 g/mol. The van der Waals surface area contributed by atoms with Crippen LogP contribution in [0.15, 0.2) is 0 Å². The summed E-state index contributed by atoms with van der Waals surface area (Å²) in [4.78, 5) is 10.7. The Labute approximate surface area is 111 Å². The lowest BCUT2D eigenvalue weighted by molar-refractivity contribution is -0.138. The number of methoxy groups -OCH3 is 1. The summed E-state index contributed by atoms with van der Waals surface area (Å²) >= 11 is 0. The van der Waals surface area contributed by atoms with E-state index in [4.69, 9.17) is 14.6 Å². The lowest BCUT2D eigenvalue weighted by Crippen LogP contribution is -2.18. The third kappa shape index (κ3) is 5.75. The second kappa shape index (κ2) is 8.54. The van der Waals surface area contributed by atoms with E-state index >= 15 is 0 Å². The van der Waals surface area contributed by atoms with E-state index < -0.39 is 5.97 Å². The van der Waals surface area contributed by atoms with Gasteiger partial charge in [0.05, 0.1) is 13.2 Å². The number of aliphatic carboxylic acids is 1. The largest absolute Gasteiger partial charge is 0.481 e. The number of carbonyl (C=O) groups is 1. The molecule has 0 aromatic carbocycles. The molecule has 0 radical (unpaired) electrons. The summed E-state index contributed by atoms with van der Waals surface area (Å²) in [6, 6.07) is 0. The molecule has 1 atom stereocenters. The Hall–Kier alpha value is -1.54. The number of carboxylic acid groups (broad SMARTS) is 1. The zero-order valence-electron chi connectivity index (χ0n) is 11.3. The molecular weight excluding hydrogens is 252 g/mol. The molecule has 1 aromatic heterocycles. The molecule has 1 unspecified atom stereocenters. The summed E-state index contributed by atoms with van der Waals surface area (Å²) < 4.78 is 11.8. The number of aromatic nitrogens is 4. The van der Waals surface area contributed by atoms with Crippen molar-refractivity contribution in [2.24, 2.45) is 5.92 Å². The molecule has 0 bridgehead atoms. The molecule has 0 fully saturated rings. The second-order valence-corrected chi connectivity index (χ2v) is 4.19. The third-order valence-corrected chi connectivity index (χ3v) is 2.74. The van der Waals surface area contributed by atoms with E-state index in [2.05, 4.69) is 15.5 Å². The maximum Gasteiger partial charge on any atom is 0.303 e. The monoisotopic (exact) mass is 272 g/mol. The number of nitrogens with zero attached hydrogens (tertiary/aromatic N) is 4. The Morgan fingerprint density at radius 1 is 1.47 bits per heavy atom. The lowest BCUT2D eigenvalue weighted by Gasteiger charge is -2.13. The van der Waals surface area contributed by atoms with Crippen LogP contribution in [0.3, 0.4) is 0 Å². The van der Waals surface area contributed by atoms with Crippen molar-refractivity contribution in [3.05, 3.63) is 5.82 Å². The molecule has 0 spiro atoms. The summed E-state index contributed by atoms with van der Waals surface area (Å²) in [6.45, 7) is 3.71. The van der Waals surface area contributed by atoms with Crippen LogP contribution in [0.2, 0.25) is 0 Å². The lowest BCUT2D eigenvalue weighted by atomic mass is 10.0. The molecule has 1 N–H and O–H groups in total. The van der Waals surface area contributed by atoms with Crippen LogP contribution in [0.25, 0.3) is 0 Å². The van der Waals surface area contributed by atoms with E-state index in [1.807, 2.05) is 6.92 Å². The maximum absolute atomic E-state index is 10.7. The molecule has 8 heteroatoms. The molecule has 0 aliphatic rings. The van der Waals surface area contributed by atoms with Crippen molar-refractivity contribution in [3.63, 3.8) is 0 Å². The van der Waals surface area contributed by atoms with Gasteiger partial charge in [0.2, 0.25) is 0 Å². The zero-order valence-corrected chi connectivity index (χ0v) is 11.3. The van der Waals surface area contributed by atoms with Crippen molar-refractivity contribution in [1.29, 1.82) is 0 Å². The van der Waals surface area contributed by atoms with Gasteiger partial charge in [0.1, 0.15) is 6.61 Å². The fourth-order valence-corrected chi connectivity index (χ4v) is 1.60. The summed E-state index contributed by atoms with van der Waals surface area (Å²) in [5, 5.41) is 20.1. The topological polar surface area (TPSA) is 99.4 Å². The van der Waals surface area contributed by atoms with Crippen LogP contribution in [0.1, 0.15) is 25.6 Å². The SMILES string of the molecule is CCC(CC(=O)O)Cn1nnnc1COCCOC. The van der Waals surface area contributed by atoms with Crippen LogP contribution < -0.4 is 0 Å². The fraction of sp³-hybridized carbons (Fsp3) is 0.818. The molecule has 0 saturated carbocycles. The Kier molecular flexibility index (Phi) is 6.98. The van der Waals surface area contributed by atoms with Gasteiger partial charge in [-0.2, -0.15) is 0 Å². The molecule has 0 saturated heterocycles. The predicted octanol–water partition coefficient (Wildman–Crippen LogP) is 0.337. The number of rotatable bonds is 10. The van der Waals surface area contributed by atoms with Gasteiger partial charge in [0, 0.05) is 20.1 Å². The minimum Gasteiger partial charge on any atom is -0.481 e. The van der Waals surface area contributed by atoms with Gasteiger partial charge < -0.3 is 14.6 Å². The Bertz CT molecular complexity index is 383. The number of ether oxygens (including phenoxy) is 2. The van der Waals surface area contributed by atoms with E-state index in [1.165, 1.54) is 0 Å². The first kappa shape index (κ1) is 15.5. The molecule has 8 nitrogen and oxygen atoms in total. The molecule has 0 amide bonds. The smallest absolute Gasteiger partial charge is 0.303 e. The first-order chi connectivity index (χ1) is 9.17. The van der Waals surface area contributed by atoms with Gasteiger partial charge in [0.15, 0.2) is 5.82 Å². The highest BCUT2D eigenvalue weighted by Gasteiger charge is 2.15. The summed E-state index contributed by atoms with van der Waals surface area (Å²) in [6.07, 6.45) is 0.871. The zero-order chi connectivity index (χ0) is 14.1. The van der Waals surface area contributed by atoms with Crippen molar-refractivity contribution in [1.82, 2.24) is 20.2 Å². The van der Waals surface area contributed by atoms with Gasteiger partial charge in [0.25, 0.3) is 0 Å². The highest BCUT2D eigenvalue weighted by atomic mass is 16.5. The number of tetrazole rings is 1. The molecule has 0 aliphatic carbocycles. The molecule has 1 aromatic rings. The van der Waals surface area contributed by atoms with Crippen LogP contribution in [-0.4, -0.2) is 51.6 Å². The van der Waals surface area contributed by atoms with E-state index in [0.29, 0.717) is 32.2 Å². The predicted molar refractivity (Wildman–Crippen MR) is 65.4 cm³/mol. The van der Waals surface area contributed by atoms with Gasteiger partial charge in [-0.25, -0.2) is 4.68 Å². The van der Waals surface area contributed by atoms with Crippen LogP contribution in [-0.2, 0) is 27.4 Å². The highest BCUT2D eigenvalue weighted by molar-refractivity contribution is 5.66. The van der Waals surface area contributed by atoms with Gasteiger partial charge >= 0.3 is 5.97 Å². The van der Waals surface area contributed by atoms with Crippen molar-refractivity contribution < 1.29 is 19.4 Å².